The summed E-state index contributed by atoms with van der Waals surface area (Å²) in [6.45, 7) is 3.98. The lowest BCUT2D eigenvalue weighted by molar-refractivity contribution is -0.384. The first-order valence-corrected chi connectivity index (χ1v) is 6.50. The molecule has 0 aromatic carbocycles. The van der Waals surface area contributed by atoms with Crippen molar-refractivity contribution in [3.05, 3.63) is 15.8 Å². The lowest BCUT2D eigenvalue weighted by Gasteiger charge is -2.36. The van der Waals surface area contributed by atoms with Crippen LogP contribution in [0.5, 0.6) is 0 Å². The molecule has 1 fully saturated rings. The van der Waals surface area contributed by atoms with Gasteiger partial charge in [0.05, 0.1) is 10.8 Å². The third-order valence-corrected chi connectivity index (χ3v) is 3.84. The number of hydrogen-bond acceptors (Lipinski definition) is 5. The maximum absolute atomic E-state index is 11.2. The van der Waals surface area contributed by atoms with Crippen LogP contribution in [0, 0.1) is 23.0 Å². The standard InChI is InChI=1S/C12H18N4O4/c1-7-6-9(12(17)18)4-5-15(7)11-10(16(19)20)8(2)13-14(11)3/h7,9H,4-6H2,1-3H3,(H,17,18). The SMILES string of the molecule is Cc1nn(C)c(N2CCC(C(=O)O)CC2C)c1[N+](=O)[O-]. The molecule has 0 amide bonds. The third-order valence-electron chi connectivity index (χ3n) is 3.84. The second kappa shape index (κ2) is 5.10. The van der Waals surface area contributed by atoms with Gasteiger partial charge in [-0.1, -0.05) is 0 Å². The monoisotopic (exact) mass is 282 g/mol. The van der Waals surface area contributed by atoms with E-state index in [1.807, 2.05) is 11.8 Å². The molecule has 1 N–H and O–H groups in total. The Labute approximate surface area is 116 Å². The van der Waals surface area contributed by atoms with Crippen LogP contribution in [0.3, 0.4) is 0 Å². The summed E-state index contributed by atoms with van der Waals surface area (Å²) in [5, 5.41) is 24.4. The van der Waals surface area contributed by atoms with Gasteiger partial charge in [0.25, 0.3) is 0 Å². The first-order chi connectivity index (χ1) is 9.32. The molecule has 0 saturated carbocycles. The maximum atomic E-state index is 11.2. The van der Waals surface area contributed by atoms with Gasteiger partial charge >= 0.3 is 11.7 Å². The smallest absolute Gasteiger partial charge is 0.333 e. The number of piperidine rings is 1. The fraction of sp³-hybridized carbons (Fsp3) is 0.667. The predicted octanol–water partition coefficient (Wildman–Crippen LogP) is 1.33. The van der Waals surface area contributed by atoms with Gasteiger partial charge in [-0.25, -0.2) is 4.68 Å². The first-order valence-electron chi connectivity index (χ1n) is 6.50. The van der Waals surface area contributed by atoms with Gasteiger partial charge in [-0.15, -0.1) is 0 Å². The summed E-state index contributed by atoms with van der Waals surface area (Å²) < 4.78 is 1.51. The van der Waals surface area contributed by atoms with Crippen LogP contribution in [0.25, 0.3) is 0 Å². The van der Waals surface area contributed by atoms with Crippen molar-refractivity contribution in [3.63, 3.8) is 0 Å². The normalized spacial score (nSPS) is 22.9. The minimum absolute atomic E-state index is 0.00752. The number of hydrogen-bond donors (Lipinski definition) is 1. The second-order valence-corrected chi connectivity index (χ2v) is 5.24. The molecule has 2 atom stereocenters. The number of aryl methyl sites for hydroxylation is 2. The van der Waals surface area contributed by atoms with E-state index >= 15 is 0 Å². The molecule has 1 aliphatic rings. The van der Waals surface area contributed by atoms with Gasteiger partial charge in [0.15, 0.2) is 0 Å². The van der Waals surface area contributed by atoms with Crippen LogP contribution in [0.1, 0.15) is 25.5 Å². The van der Waals surface area contributed by atoms with Crippen LogP contribution in [-0.4, -0.2) is 38.4 Å². The van der Waals surface area contributed by atoms with Crippen molar-refractivity contribution in [1.82, 2.24) is 9.78 Å². The van der Waals surface area contributed by atoms with Gasteiger partial charge < -0.3 is 10.0 Å². The molecule has 8 nitrogen and oxygen atoms in total. The highest BCUT2D eigenvalue weighted by molar-refractivity contribution is 5.71. The van der Waals surface area contributed by atoms with Crippen molar-refractivity contribution >= 4 is 17.5 Å². The zero-order valence-corrected chi connectivity index (χ0v) is 11.7. The number of nitrogens with zero attached hydrogens (tertiary/aromatic N) is 4. The molecule has 1 aromatic rings. The van der Waals surface area contributed by atoms with E-state index in [-0.39, 0.29) is 17.6 Å². The summed E-state index contributed by atoms with van der Waals surface area (Å²) in [7, 11) is 1.67. The van der Waals surface area contributed by atoms with E-state index in [0.29, 0.717) is 30.9 Å². The van der Waals surface area contributed by atoms with E-state index in [0.717, 1.165) is 0 Å². The van der Waals surface area contributed by atoms with Gasteiger partial charge in [-0.05, 0) is 26.7 Å². The average Bonchev–Trinajstić information content (AvgIpc) is 2.64. The fourth-order valence-corrected chi connectivity index (χ4v) is 2.88. The predicted molar refractivity (Wildman–Crippen MR) is 71.8 cm³/mol. The number of rotatable bonds is 3. The molecule has 1 aromatic heterocycles. The van der Waals surface area contributed by atoms with Crippen LogP contribution in [0.15, 0.2) is 0 Å². The van der Waals surface area contributed by atoms with Gasteiger partial charge in [0.1, 0.15) is 5.69 Å². The molecule has 0 spiro atoms. The van der Waals surface area contributed by atoms with E-state index < -0.39 is 10.9 Å². The Morgan fingerprint density at radius 1 is 1.55 bits per heavy atom. The first kappa shape index (κ1) is 14.3. The van der Waals surface area contributed by atoms with Crippen molar-refractivity contribution < 1.29 is 14.8 Å². The largest absolute Gasteiger partial charge is 0.481 e. The van der Waals surface area contributed by atoms with E-state index in [1.165, 1.54) is 4.68 Å². The lowest BCUT2D eigenvalue weighted by Crippen LogP contribution is -2.43. The van der Waals surface area contributed by atoms with Crippen LogP contribution in [-0.2, 0) is 11.8 Å². The van der Waals surface area contributed by atoms with Crippen molar-refractivity contribution in [2.45, 2.75) is 32.7 Å². The van der Waals surface area contributed by atoms with Crippen LogP contribution in [0.4, 0.5) is 11.5 Å². The minimum atomic E-state index is -0.799. The number of carboxylic acids is 1. The van der Waals surface area contributed by atoms with Crippen LogP contribution in [0.2, 0.25) is 0 Å². The Hall–Kier alpha value is -2.12. The number of aromatic nitrogens is 2. The molecule has 2 rings (SSSR count). The van der Waals surface area contributed by atoms with Gasteiger partial charge in [0.2, 0.25) is 5.82 Å². The van der Waals surface area contributed by atoms with E-state index in [1.54, 1.807) is 14.0 Å². The summed E-state index contributed by atoms with van der Waals surface area (Å²) in [5.74, 6) is -0.717. The summed E-state index contributed by atoms with van der Waals surface area (Å²) in [4.78, 5) is 23.7. The molecule has 0 bridgehead atoms. The molecular weight excluding hydrogens is 264 g/mol. The van der Waals surface area contributed by atoms with Crippen molar-refractivity contribution in [2.24, 2.45) is 13.0 Å². The molecular formula is C12H18N4O4. The number of aliphatic carboxylic acids is 1. The van der Waals surface area contributed by atoms with Crippen molar-refractivity contribution in [1.29, 1.82) is 0 Å². The molecule has 20 heavy (non-hydrogen) atoms. The molecule has 1 saturated heterocycles. The topological polar surface area (TPSA) is 102 Å². The Morgan fingerprint density at radius 3 is 2.70 bits per heavy atom. The van der Waals surface area contributed by atoms with E-state index in [4.69, 9.17) is 5.11 Å². The molecule has 110 valence electrons. The second-order valence-electron chi connectivity index (χ2n) is 5.24. The number of anilines is 1. The fourth-order valence-electron chi connectivity index (χ4n) is 2.88. The number of carbonyl (C=O) groups is 1. The van der Waals surface area contributed by atoms with Crippen molar-refractivity contribution in [3.8, 4) is 0 Å². The third kappa shape index (κ3) is 2.33. The summed E-state index contributed by atoms with van der Waals surface area (Å²) >= 11 is 0. The van der Waals surface area contributed by atoms with Crippen LogP contribution >= 0.6 is 0 Å². The van der Waals surface area contributed by atoms with E-state index in [9.17, 15) is 14.9 Å². The summed E-state index contributed by atoms with van der Waals surface area (Å²) in [6.07, 6.45) is 0.970. The highest BCUT2D eigenvalue weighted by Gasteiger charge is 2.36. The van der Waals surface area contributed by atoms with E-state index in [2.05, 4.69) is 5.10 Å². The Kier molecular flexibility index (Phi) is 3.65. The molecule has 0 aliphatic carbocycles. The Balaban J connectivity index is 2.34. The number of carboxylic acid groups (broad SMARTS) is 1. The van der Waals surface area contributed by atoms with Crippen LogP contribution < -0.4 is 4.90 Å². The highest BCUT2D eigenvalue weighted by Crippen LogP contribution is 2.35. The Morgan fingerprint density at radius 2 is 2.20 bits per heavy atom. The Bertz CT molecular complexity index is 554. The molecule has 2 unspecified atom stereocenters. The molecule has 2 heterocycles. The molecule has 1 aliphatic heterocycles. The quantitative estimate of drug-likeness (QED) is 0.662. The zero-order chi connectivity index (χ0) is 15.0. The summed E-state index contributed by atoms with van der Waals surface area (Å²) in [6, 6.07) is -0.0710. The van der Waals surface area contributed by atoms with Crippen molar-refractivity contribution in [2.75, 3.05) is 11.4 Å². The zero-order valence-electron chi connectivity index (χ0n) is 11.7. The molecule has 0 radical (unpaired) electrons. The summed E-state index contributed by atoms with van der Waals surface area (Å²) in [5.41, 5.74) is 0.383. The lowest BCUT2D eigenvalue weighted by atomic mass is 9.91. The van der Waals surface area contributed by atoms with Gasteiger partial charge in [0, 0.05) is 19.6 Å². The minimum Gasteiger partial charge on any atom is -0.481 e. The molecule has 8 heteroatoms. The average molecular weight is 282 g/mol. The van der Waals surface area contributed by atoms with Gasteiger partial charge in [-0.2, -0.15) is 5.10 Å². The number of nitro groups is 1. The van der Waals surface area contributed by atoms with Gasteiger partial charge in [-0.3, -0.25) is 14.9 Å². The maximum Gasteiger partial charge on any atom is 0.333 e. The highest BCUT2D eigenvalue weighted by atomic mass is 16.6.